The summed E-state index contributed by atoms with van der Waals surface area (Å²) in [6, 6.07) is 3.59. The van der Waals surface area contributed by atoms with E-state index in [1.165, 1.54) is 7.11 Å². The summed E-state index contributed by atoms with van der Waals surface area (Å²) in [4.78, 5) is 11.6. The number of methoxy groups -OCH3 is 3. The lowest BCUT2D eigenvalue weighted by atomic mass is 10.1. The Labute approximate surface area is 130 Å². The maximum atomic E-state index is 11.6. The second-order valence-corrected chi connectivity index (χ2v) is 5.47. The predicted octanol–water partition coefficient (Wildman–Crippen LogP) is 2.24. The zero-order valence-electron chi connectivity index (χ0n) is 13.9. The number of benzene rings is 1. The van der Waals surface area contributed by atoms with E-state index in [1.54, 1.807) is 41.1 Å². The van der Waals surface area contributed by atoms with Crippen LogP contribution in [0.4, 0.5) is 4.79 Å². The van der Waals surface area contributed by atoms with E-state index in [1.807, 2.05) is 6.07 Å². The molecule has 7 nitrogen and oxygen atoms in total. The van der Waals surface area contributed by atoms with Crippen LogP contribution in [0, 0.1) is 0 Å². The lowest BCUT2D eigenvalue weighted by Crippen LogP contribution is -2.40. The molecule has 0 saturated carbocycles. The molecule has 0 spiro atoms. The van der Waals surface area contributed by atoms with Crippen molar-refractivity contribution in [2.75, 3.05) is 21.3 Å². The standard InChI is InChI=1S/C15H24N2O5/c1-15(2,3)22-14(18)17-16-9-10-7-8-11(19-4)13(21-6)12(10)20-5/h7-8,16H,9H2,1-6H3,(H,17,18). The van der Waals surface area contributed by atoms with Gasteiger partial charge in [0, 0.05) is 12.1 Å². The van der Waals surface area contributed by atoms with Crippen molar-refractivity contribution in [3.05, 3.63) is 17.7 Å². The van der Waals surface area contributed by atoms with Crippen molar-refractivity contribution in [2.45, 2.75) is 32.9 Å². The highest BCUT2D eigenvalue weighted by Gasteiger charge is 2.17. The highest BCUT2D eigenvalue weighted by molar-refractivity contribution is 5.67. The van der Waals surface area contributed by atoms with E-state index in [4.69, 9.17) is 18.9 Å². The maximum absolute atomic E-state index is 11.6. The Kier molecular flexibility index (Phi) is 6.30. The third-order valence-electron chi connectivity index (χ3n) is 2.65. The minimum atomic E-state index is -0.549. The number of hydrogen-bond acceptors (Lipinski definition) is 6. The van der Waals surface area contributed by atoms with E-state index >= 15 is 0 Å². The van der Waals surface area contributed by atoms with E-state index < -0.39 is 11.7 Å². The molecule has 0 radical (unpaired) electrons. The summed E-state index contributed by atoms with van der Waals surface area (Å²) in [5.41, 5.74) is 5.51. The average molecular weight is 312 g/mol. The number of nitrogens with one attached hydrogen (secondary N) is 2. The van der Waals surface area contributed by atoms with Gasteiger partial charge in [0.25, 0.3) is 0 Å². The minimum Gasteiger partial charge on any atom is -0.493 e. The van der Waals surface area contributed by atoms with E-state index in [-0.39, 0.29) is 0 Å². The first-order chi connectivity index (χ1) is 10.3. The highest BCUT2D eigenvalue weighted by atomic mass is 16.6. The lowest BCUT2D eigenvalue weighted by molar-refractivity contribution is 0.0497. The van der Waals surface area contributed by atoms with Crippen LogP contribution >= 0.6 is 0 Å². The van der Waals surface area contributed by atoms with Gasteiger partial charge in [0.1, 0.15) is 5.60 Å². The number of amides is 1. The Morgan fingerprint density at radius 3 is 2.18 bits per heavy atom. The SMILES string of the molecule is COc1ccc(CNNC(=O)OC(C)(C)C)c(OC)c1OC. The van der Waals surface area contributed by atoms with Crippen molar-refractivity contribution >= 4 is 6.09 Å². The van der Waals surface area contributed by atoms with Crippen molar-refractivity contribution in [1.29, 1.82) is 0 Å². The molecule has 0 heterocycles. The van der Waals surface area contributed by atoms with E-state index in [0.29, 0.717) is 23.8 Å². The first-order valence-electron chi connectivity index (χ1n) is 6.82. The summed E-state index contributed by atoms with van der Waals surface area (Å²) in [6.07, 6.45) is -0.549. The maximum Gasteiger partial charge on any atom is 0.422 e. The number of carbonyl (C=O) groups is 1. The largest absolute Gasteiger partial charge is 0.493 e. The average Bonchev–Trinajstić information content (AvgIpc) is 2.44. The Morgan fingerprint density at radius 2 is 1.68 bits per heavy atom. The van der Waals surface area contributed by atoms with Gasteiger partial charge in [-0.3, -0.25) is 5.43 Å². The van der Waals surface area contributed by atoms with Crippen LogP contribution < -0.4 is 25.1 Å². The molecule has 0 fully saturated rings. The van der Waals surface area contributed by atoms with Crippen LogP contribution in [0.25, 0.3) is 0 Å². The van der Waals surface area contributed by atoms with E-state index in [0.717, 1.165) is 5.56 Å². The summed E-state index contributed by atoms with van der Waals surface area (Å²) in [5, 5.41) is 0. The van der Waals surface area contributed by atoms with Crippen LogP contribution in [0.1, 0.15) is 26.3 Å². The first-order valence-corrected chi connectivity index (χ1v) is 6.82. The molecule has 1 aromatic rings. The molecular weight excluding hydrogens is 288 g/mol. The zero-order valence-corrected chi connectivity index (χ0v) is 13.9. The van der Waals surface area contributed by atoms with Crippen molar-refractivity contribution in [2.24, 2.45) is 0 Å². The van der Waals surface area contributed by atoms with E-state index in [2.05, 4.69) is 10.9 Å². The molecule has 0 aliphatic carbocycles. The van der Waals surface area contributed by atoms with Crippen molar-refractivity contribution in [1.82, 2.24) is 10.9 Å². The molecule has 0 aliphatic heterocycles. The third-order valence-corrected chi connectivity index (χ3v) is 2.65. The Balaban J connectivity index is 2.72. The smallest absolute Gasteiger partial charge is 0.422 e. The molecular formula is C15H24N2O5. The summed E-state index contributed by atoms with van der Waals surface area (Å²) in [6.45, 7) is 5.72. The molecule has 0 saturated heterocycles. The van der Waals surface area contributed by atoms with Crippen molar-refractivity contribution in [3.63, 3.8) is 0 Å². The zero-order chi connectivity index (χ0) is 16.8. The van der Waals surface area contributed by atoms with Gasteiger partial charge < -0.3 is 18.9 Å². The van der Waals surface area contributed by atoms with Gasteiger partial charge in [0.2, 0.25) is 5.75 Å². The van der Waals surface area contributed by atoms with Crippen LogP contribution in [0.5, 0.6) is 17.2 Å². The van der Waals surface area contributed by atoms with Gasteiger partial charge in [-0.1, -0.05) is 0 Å². The molecule has 2 N–H and O–H groups in total. The Bertz CT molecular complexity index is 511. The van der Waals surface area contributed by atoms with Crippen LogP contribution in [0.15, 0.2) is 12.1 Å². The fourth-order valence-electron chi connectivity index (χ4n) is 1.82. The summed E-state index contributed by atoms with van der Waals surface area (Å²) < 4.78 is 21.0. The number of carbonyl (C=O) groups excluding carboxylic acids is 1. The van der Waals surface area contributed by atoms with Gasteiger partial charge in [-0.05, 0) is 32.9 Å². The lowest BCUT2D eigenvalue weighted by Gasteiger charge is -2.20. The number of hydrogen-bond donors (Lipinski definition) is 2. The highest BCUT2D eigenvalue weighted by Crippen LogP contribution is 2.39. The van der Waals surface area contributed by atoms with Crippen LogP contribution in [0.2, 0.25) is 0 Å². The monoisotopic (exact) mass is 312 g/mol. The third kappa shape index (κ3) is 5.00. The van der Waals surface area contributed by atoms with Gasteiger partial charge >= 0.3 is 6.09 Å². The van der Waals surface area contributed by atoms with Gasteiger partial charge in [-0.2, -0.15) is 0 Å². The summed E-state index contributed by atoms with van der Waals surface area (Å²) in [5.74, 6) is 1.62. The molecule has 124 valence electrons. The van der Waals surface area contributed by atoms with Crippen LogP contribution in [-0.4, -0.2) is 33.0 Å². The second-order valence-electron chi connectivity index (χ2n) is 5.47. The number of ether oxygens (including phenoxy) is 4. The fraction of sp³-hybridized carbons (Fsp3) is 0.533. The van der Waals surface area contributed by atoms with Gasteiger partial charge in [0.05, 0.1) is 21.3 Å². The second kappa shape index (κ2) is 7.74. The molecule has 0 aliphatic rings. The van der Waals surface area contributed by atoms with Gasteiger partial charge in [-0.25, -0.2) is 10.2 Å². The molecule has 1 amide bonds. The van der Waals surface area contributed by atoms with Gasteiger partial charge in [-0.15, -0.1) is 0 Å². The molecule has 0 aromatic heterocycles. The molecule has 0 bridgehead atoms. The Morgan fingerprint density at radius 1 is 1.05 bits per heavy atom. The van der Waals surface area contributed by atoms with E-state index in [9.17, 15) is 4.79 Å². The number of hydrazine groups is 1. The predicted molar refractivity (Wildman–Crippen MR) is 82.3 cm³/mol. The summed E-state index contributed by atoms with van der Waals surface area (Å²) >= 11 is 0. The molecule has 22 heavy (non-hydrogen) atoms. The summed E-state index contributed by atoms with van der Waals surface area (Å²) in [7, 11) is 4.64. The van der Waals surface area contributed by atoms with Crippen LogP contribution in [-0.2, 0) is 11.3 Å². The normalized spacial score (nSPS) is 10.8. The topological polar surface area (TPSA) is 78.1 Å². The number of rotatable bonds is 6. The van der Waals surface area contributed by atoms with Crippen molar-refractivity contribution < 1.29 is 23.7 Å². The molecule has 0 atom stereocenters. The Hall–Kier alpha value is -2.15. The quantitative estimate of drug-likeness (QED) is 0.784. The van der Waals surface area contributed by atoms with Crippen molar-refractivity contribution in [3.8, 4) is 17.2 Å². The van der Waals surface area contributed by atoms with Crippen LogP contribution in [0.3, 0.4) is 0 Å². The van der Waals surface area contributed by atoms with Gasteiger partial charge in [0.15, 0.2) is 11.5 Å². The first kappa shape index (κ1) is 17.9. The molecule has 1 aromatic carbocycles. The molecule has 0 unspecified atom stereocenters. The fourth-order valence-corrected chi connectivity index (χ4v) is 1.82. The molecule has 1 rings (SSSR count). The minimum absolute atomic E-state index is 0.336. The molecule has 7 heteroatoms.